The van der Waals surface area contributed by atoms with Crippen LogP contribution in [0.3, 0.4) is 0 Å². The largest absolute Gasteiger partial charge is 0.481 e. The first-order valence-electron chi connectivity index (χ1n) is 8.01. The normalized spacial score (nSPS) is 29.9. The number of ether oxygens (including phenoxy) is 2. The molecule has 21 heavy (non-hydrogen) atoms. The van der Waals surface area contributed by atoms with Crippen molar-refractivity contribution in [3.63, 3.8) is 0 Å². The zero-order valence-corrected chi connectivity index (χ0v) is 13.2. The summed E-state index contributed by atoms with van der Waals surface area (Å²) < 4.78 is 11.0. The number of rotatable bonds is 4. The number of methoxy groups -OCH3 is 2. The van der Waals surface area contributed by atoms with Gasteiger partial charge in [-0.3, -0.25) is 4.90 Å². The van der Waals surface area contributed by atoms with E-state index in [2.05, 4.69) is 16.0 Å². The molecule has 4 nitrogen and oxygen atoms in total. The third-order valence-electron chi connectivity index (χ3n) is 5.17. The second-order valence-corrected chi connectivity index (χ2v) is 6.46. The SMILES string of the molecule is COc1cccc(CN2CCC[C@@]3(CCC[C@H]3OC)C2)n1. The summed E-state index contributed by atoms with van der Waals surface area (Å²) in [5.74, 6) is 0.704. The second kappa shape index (κ2) is 6.32. The predicted molar refractivity (Wildman–Crippen MR) is 82.4 cm³/mol. The van der Waals surface area contributed by atoms with Crippen LogP contribution in [0.1, 0.15) is 37.8 Å². The molecule has 3 rings (SSSR count). The molecule has 0 N–H and O–H groups in total. The third kappa shape index (κ3) is 3.06. The van der Waals surface area contributed by atoms with Crippen molar-refractivity contribution in [3.8, 4) is 5.88 Å². The molecule has 0 bridgehead atoms. The molecule has 0 aromatic carbocycles. The highest BCUT2D eigenvalue weighted by atomic mass is 16.5. The topological polar surface area (TPSA) is 34.6 Å². The quantitative estimate of drug-likeness (QED) is 0.854. The van der Waals surface area contributed by atoms with Crippen molar-refractivity contribution in [2.45, 2.75) is 44.8 Å². The van der Waals surface area contributed by atoms with E-state index in [9.17, 15) is 0 Å². The van der Waals surface area contributed by atoms with Crippen molar-refractivity contribution in [2.24, 2.45) is 5.41 Å². The molecule has 1 saturated heterocycles. The van der Waals surface area contributed by atoms with E-state index in [0.29, 0.717) is 17.4 Å². The number of hydrogen-bond donors (Lipinski definition) is 0. The Balaban J connectivity index is 1.68. The van der Waals surface area contributed by atoms with Crippen LogP contribution in [0.25, 0.3) is 0 Å². The van der Waals surface area contributed by atoms with Gasteiger partial charge in [0.2, 0.25) is 5.88 Å². The molecule has 2 heterocycles. The van der Waals surface area contributed by atoms with Crippen LogP contribution in [0.4, 0.5) is 0 Å². The maximum atomic E-state index is 5.78. The molecule has 116 valence electrons. The van der Waals surface area contributed by atoms with E-state index in [1.54, 1.807) is 7.11 Å². The van der Waals surface area contributed by atoms with Gasteiger partial charge in [-0.1, -0.05) is 12.5 Å². The molecule has 1 aromatic rings. The zero-order valence-electron chi connectivity index (χ0n) is 13.2. The summed E-state index contributed by atoms with van der Waals surface area (Å²) in [6.07, 6.45) is 6.87. The van der Waals surface area contributed by atoms with E-state index in [0.717, 1.165) is 25.3 Å². The monoisotopic (exact) mass is 290 g/mol. The van der Waals surface area contributed by atoms with Gasteiger partial charge in [0.15, 0.2) is 0 Å². The van der Waals surface area contributed by atoms with Gasteiger partial charge >= 0.3 is 0 Å². The fourth-order valence-corrected chi connectivity index (χ4v) is 4.22. The van der Waals surface area contributed by atoms with Gasteiger partial charge in [-0.15, -0.1) is 0 Å². The smallest absolute Gasteiger partial charge is 0.213 e. The van der Waals surface area contributed by atoms with E-state index in [4.69, 9.17) is 9.47 Å². The van der Waals surface area contributed by atoms with Crippen LogP contribution in [0.15, 0.2) is 18.2 Å². The first kappa shape index (κ1) is 14.8. The molecule has 2 atom stereocenters. The fourth-order valence-electron chi connectivity index (χ4n) is 4.22. The lowest BCUT2D eigenvalue weighted by Crippen LogP contribution is -2.47. The van der Waals surface area contributed by atoms with Crippen molar-refractivity contribution in [2.75, 3.05) is 27.3 Å². The van der Waals surface area contributed by atoms with Gasteiger partial charge in [-0.25, -0.2) is 4.98 Å². The minimum atomic E-state index is 0.381. The Bertz CT molecular complexity index is 480. The standard InChI is InChI=1S/C17H26N2O2/c1-20-15-7-4-9-17(15)10-5-11-19(13-17)12-14-6-3-8-16(18-14)21-2/h3,6,8,15H,4-5,7,9-13H2,1-2H3/t15-,17+/m1/s1. The summed E-state index contributed by atoms with van der Waals surface area (Å²) in [5.41, 5.74) is 1.48. The Morgan fingerprint density at radius 1 is 1.29 bits per heavy atom. The number of hydrogen-bond acceptors (Lipinski definition) is 4. The Morgan fingerprint density at radius 3 is 2.95 bits per heavy atom. The first-order valence-corrected chi connectivity index (χ1v) is 8.01. The summed E-state index contributed by atoms with van der Waals surface area (Å²) in [6.45, 7) is 3.22. The van der Waals surface area contributed by atoms with E-state index in [1.807, 2.05) is 19.2 Å². The second-order valence-electron chi connectivity index (χ2n) is 6.46. The highest BCUT2D eigenvalue weighted by molar-refractivity contribution is 5.15. The summed E-state index contributed by atoms with van der Waals surface area (Å²) >= 11 is 0. The van der Waals surface area contributed by atoms with E-state index >= 15 is 0 Å². The van der Waals surface area contributed by atoms with Gasteiger partial charge in [0.05, 0.1) is 18.9 Å². The van der Waals surface area contributed by atoms with Crippen LogP contribution >= 0.6 is 0 Å². The number of piperidine rings is 1. The fraction of sp³-hybridized carbons (Fsp3) is 0.706. The lowest BCUT2D eigenvalue weighted by molar-refractivity contribution is -0.0368. The molecule has 0 radical (unpaired) electrons. The van der Waals surface area contributed by atoms with Crippen molar-refractivity contribution in [3.05, 3.63) is 23.9 Å². The van der Waals surface area contributed by atoms with Crippen LogP contribution in [-0.4, -0.2) is 43.3 Å². The molecule has 1 saturated carbocycles. The Kier molecular flexibility index (Phi) is 4.45. The van der Waals surface area contributed by atoms with Crippen molar-refractivity contribution in [1.82, 2.24) is 9.88 Å². The number of aromatic nitrogens is 1. The maximum Gasteiger partial charge on any atom is 0.213 e. The van der Waals surface area contributed by atoms with Gasteiger partial charge in [0, 0.05) is 31.7 Å². The number of pyridine rings is 1. The molecule has 1 aromatic heterocycles. The Labute approximate surface area is 127 Å². The molecule has 4 heteroatoms. The van der Waals surface area contributed by atoms with E-state index in [1.165, 1.54) is 32.1 Å². The Morgan fingerprint density at radius 2 is 2.14 bits per heavy atom. The average molecular weight is 290 g/mol. The van der Waals surface area contributed by atoms with Crippen LogP contribution in [0.2, 0.25) is 0 Å². The predicted octanol–water partition coefficient (Wildman–Crippen LogP) is 2.87. The molecular weight excluding hydrogens is 264 g/mol. The van der Waals surface area contributed by atoms with Crippen LogP contribution < -0.4 is 4.74 Å². The van der Waals surface area contributed by atoms with Gasteiger partial charge in [0.25, 0.3) is 0 Å². The molecule has 1 aliphatic carbocycles. The molecule has 0 amide bonds. The first-order chi connectivity index (χ1) is 10.3. The lowest BCUT2D eigenvalue weighted by atomic mass is 9.76. The molecule has 2 aliphatic rings. The molecular formula is C17H26N2O2. The highest BCUT2D eigenvalue weighted by Crippen LogP contribution is 2.46. The van der Waals surface area contributed by atoms with E-state index in [-0.39, 0.29) is 0 Å². The van der Waals surface area contributed by atoms with Gasteiger partial charge < -0.3 is 9.47 Å². The summed E-state index contributed by atoms with van der Waals surface area (Å²) in [6, 6.07) is 6.01. The van der Waals surface area contributed by atoms with Crippen LogP contribution in [0, 0.1) is 5.41 Å². The zero-order chi connectivity index (χ0) is 14.7. The summed E-state index contributed by atoms with van der Waals surface area (Å²) in [7, 11) is 3.55. The number of nitrogens with zero attached hydrogens (tertiary/aromatic N) is 2. The Hall–Kier alpha value is -1.13. The van der Waals surface area contributed by atoms with Crippen LogP contribution in [0.5, 0.6) is 5.88 Å². The van der Waals surface area contributed by atoms with Gasteiger partial charge in [0.1, 0.15) is 0 Å². The van der Waals surface area contributed by atoms with Crippen LogP contribution in [-0.2, 0) is 11.3 Å². The minimum absolute atomic E-state index is 0.381. The van der Waals surface area contributed by atoms with Crippen molar-refractivity contribution in [1.29, 1.82) is 0 Å². The lowest BCUT2D eigenvalue weighted by Gasteiger charge is -2.43. The third-order valence-corrected chi connectivity index (χ3v) is 5.17. The highest BCUT2D eigenvalue weighted by Gasteiger charge is 2.45. The molecule has 2 fully saturated rings. The minimum Gasteiger partial charge on any atom is -0.481 e. The maximum absolute atomic E-state index is 5.78. The van der Waals surface area contributed by atoms with Gasteiger partial charge in [-0.2, -0.15) is 0 Å². The molecule has 1 aliphatic heterocycles. The molecule has 0 unspecified atom stereocenters. The summed E-state index contributed by atoms with van der Waals surface area (Å²) in [4.78, 5) is 7.09. The van der Waals surface area contributed by atoms with Crippen molar-refractivity contribution >= 4 is 0 Å². The average Bonchev–Trinajstić information content (AvgIpc) is 2.89. The summed E-state index contributed by atoms with van der Waals surface area (Å²) in [5, 5.41) is 0. The molecule has 1 spiro atoms. The number of likely N-dealkylation sites (tertiary alicyclic amines) is 1. The van der Waals surface area contributed by atoms with Gasteiger partial charge in [-0.05, 0) is 38.3 Å². The van der Waals surface area contributed by atoms with E-state index < -0.39 is 0 Å². The van der Waals surface area contributed by atoms with Crippen molar-refractivity contribution < 1.29 is 9.47 Å².